The van der Waals surface area contributed by atoms with Crippen molar-refractivity contribution in [1.29, 1.82) is 0 Å². The number of esters is 1. The third-order valence-electron chi connectivity index (χ3n) is 4.67. The van der Waals surface area contributed by atoms with E-state index in [-0.39, 0.29) is 18.3 Å². The van der Waals surface area contributed by atoms with Crippen molar-refractivity contribution in [2.75, 3.05) is 0 Å². The largest absolute Gasteiger partial charge is 0.443 e. The van der Waals surface area contributed by atoms with Crippen LogP contribution in [0.3, 0.4) is 0 Å². The summed E-state index contributed by atoms with van der Waals surface area (Å²) in [6, 6.07) is 0.302. The maximum Gasteiger partial charge on any atom is 0.312 e. The zero-order chi connectivity index (χ0) is 20.0. The molecule has 0 spiro atoms. The highest BCUT2D eigenvalue weighted by Crippen LogP contribution is 2.24. The summed E-state index contributed by atoms with van der Waals surface area (Å²) in [5.41, 5.74) is 0.0252. The van der Waals surface area contributed by atoms with Crippen LogP contribution in [0, 0.1) is 5.41 Å². The lowest BCUT2D eigenvalue weighted by Crippen LogP contribution is -2.28. The molecule has 2 rings (SSSR count). The van der Waals surface area contributed by atoms with Gasteiger partial charge in [0.15, 0.2) is 17.9 Å². The topological polar surface area (TPSA) is 79.0 Å². The second kappa shape index (κ2) is 9.15. The third kappa shape index (κ3) is 5.17. The fourth-order valence-electron chi connectivity index (χ4n) is 2.95. The predicted octanol–water partition coefficient (Wildman–Crippen LogP) is 4.06. The van der Waals surface area contributed by atoms with Gasteiger partial charge in [-0.15, -0.1) is 0 Å². The van der Waals surface area contributed by atoms with Crippen molar-refractivity contribution in [3.63, 3.8) is 0 Å². The quantitative estimate of drug-likeness (QED) is 0.617. The van der Waals surface area contributed by atoms with E-state index in [4.69, 9.17) is 4.74 Å². The zero-order valence-corrected chi connectivity index (χ0v) is 17.2. The average Bonchev–Trinajstić information content (AvgIpc) is 3.05. The maximum absolute atomic E-state index is 12.7. The molecule has 27 heavy (non-hydrogen) atoms. The molecule has 2 aromatic heterocycles. The number of hydrogen-bond donors (Lipinski definition) is 0. The highest BCUT2D eigenvalue weighted by atomic mass is 16.5. The normalized spacial score (nSPS) is 12.1. The smallest absolute Gasteiger partial charge is 0.312 e. The van der Waals surface area contributed by atoms with Gasteiger partial charge in [-0.25, -0.2) is 9.97 Å². The van der Waals surface area contributed by atoms with Gasteiger partial charge in [-0.1, -0.05) is 39.5 Å². The van der Waals surface area contributed by atoms with Gasteiger partial charge in [-0.05, 0) is 33.6 Å². The molecule has 7 nitrogen and oxygen atoms in total. The van der Waals surface area contributed by atoms with Crippen LogP contribution in [0.4, 0.5) is 0 Å². The Hall–Kier alpha value is -2.18. The predicted molar refractivity (Wildman–Crippen MR) is 105 cm³/mol. The van der Waals surface area contributed by atoms with Crippen molar-refractivity contribution in [1.82, 2.24) is 19.1 Å². The van der Waals surface area contributed by atoms with Crippen LogP contribution >= 0.6 is 0 Å². The van der Waals surface area contributed by atoms with Crippen LogP contribution in [0.15, 0.2) is 17.4 Å². The molecule has 0 saturated heterocycles. The van der Waals surface area contributed by atoms with E-state index >= 15 is 0 Å². The lowest BCUT2D eigenvalue weighted by atomic mass is 9.98. The number of carbonyl (C=O) groups is 1. The Balaban J connectivity index is 2.26. The second-order valence-electron chi connectivity index (χ2n) is 8.09. The van der Waals surface area contributed by atoms with E-state index in [1.807, 2.05) is 4.57 Å². The Morgan fingerprint density at radius 1 is 1.11 bits per heavy atom. The number of carbonyl (C=O) groups excluding carboxylic acids is 1. The van der Waals surface area contributed by atoms with Crippen LogP contribution in [0.25, 0.3) is 11.2 Å². The number of hydrogen-bond acceptors (Lipinski definition) is 5. The average molecular weight is 377 g/mol. The van der Waals surface area contributed by atoms with E-state index in [1.54, 1.807) is 27.1 Å². The molecule has 0 N–H and O–H groups in total. The molecule has 0 aliphatic rings. The Kier molecular flexibility index (Phi) is 7.16. The highest BCUT2D eigenvalue weighted by Gasteiger charge is 2.23. The first-order valence-electron chi connectivity index (χ1n) is 9.88. The monoisotopic (exact) mass is 376 g/mol. The molecule has 0 aromatic carbocycles. The van der Waals surface area contributed by atoms with Crippen LogP contribution in [0.1, 0.15) is 79.2 Å². The molecule has 0 aliphatic heterocycles. The highest BCUT2D eigenvalue weighted by molar-refractivity contribution is 5.75. The molecule has 0 amide bonds. The Morgan fingerprint density at radius 3 is 2.30 bits per heavy atom. The molecule has 0 unspecified atom stereocenters. The standard InChI is InChI=1S/C20H32N4O3/c1-6-8-10-15(11-9-7-2)24-13-21-16-17(24)22-12-23(18(16)25)14-27-19(26)20(3,4)5/h12-13,15H,6-11,14H2,1-5H3. The number of nitrogens with zero attached hydrogens (tertiary/aromatic N) is 4. The van der Waals surface area contributed by atoms with E-state index in [0.717, 1.165) is 38.5 Å². The van der Waals surface area contributed by atoms with Crippen molar-refractivity contribution in [3.05, 3.63) is 23.0 Å². The number of rotatable bonds is 9. The van der Waals surface area contributed by atoms with Crippen LogP contribution in [0.5, 0.6) is 0 Å². The van der Waals surface area contributed by atoms with Gasteiger partial charge in [0.05, 0.1) is 11.7 Å². The molecule has 0 bridgehead atoms. The van der Waals surface area contributed by atoms with E-state index in [2.05, 4.69) is 23.8 Å². The van der Waals surface area contributed by atoms with Crippen LogP contribution in [-0.2, 0) is 16.3 Å². The summed E-state index contributed by atoms with van der Waals surface area (Å²) in [5.74, 6) is -0.362. The van der Waals surface area contributed by atoms with Crippen molar-refractivity contribution in [3.8, 4) is 0 Å². The fourth-order valence-corrected chi connectivity index (χ4v) is 2.95. The summed E-state index contributed by atoms with van der Waals surface area (Å²) < 4.78 is 8.56. The molecule has 2 heterocycles. The molecular formula is C20H32N4O3. The number of aromatic nitrogens is 4. The van der Waals surface area contributed by atoms with Crippen LogP contribution < -0.4 is 5.56 Å². The fraction of sp³-hybridized carbons (Fsp3) is 0.700. The van der Waals surface area contributed by atoms with Gasteiger partial charge in [-0.3, -0.25) is 14.2 Å². The Morgan fingerprint density at radius 2 is 1.74 bits per heavy atom. The van der Waals surface area contributed by atoms with Gasteiger partial charge in [0.1, 0.15) is 6.33 Å². The molecule has 0 fully saturated rings. The molecule has 2 aromatic rings. The summed E-state index contributed by atoms with van der Waals surface area (Å²) in [7, 11) is 0. The minimum absolute atomic E-state index is 0.153. The molecule has 0 aliphatic carbocycles. The molecule has 0 atom stereocenters. The van der Waals surface area contributed by atoms with Crippen molar-refractivity contribution in [2.45, 2.75) is 85.9 Å². The lowest BCUT2D eigenvalue weighted by Gasteiger charge is -2.19. The first-order chi connectivity index (χ1) is 12.8. The molecular weight excluding hydrogens is 344 g/mol. The van der Waals surface area contributed by atoms with Gasteiger partial charge >= 0.3 is 5.97 Å². The van der Waals surface area contributed by atoms with E-state index in [0.29, 0.717) is 17.2 Å². The minimum atomic E-state index is -0.617. The Bertz CT molecular complexity index is 809. The summed E-state index contributed by atoms with van der Waals surface area (Å²) >= 11 is 0. The van der Waals surface area contributed by atoms with E-state index < -0.39 is 5.41 Å². The lowest BCUT2D eigenvalue weighted by molar-refractivity contribution is -0.157. The van der Waals surface area contributed by atoms with E-state index in [9.17, 15) is 9.59 Å². The third-order valence-corrected chi connectivity index (χ3v) is 4.67. The molecule has 150 valence electrons. The number of fused-ring (bicyclic) bond motifs is 1. The Labute approximate surface area is 160 Å². The molecule has 0 radical (unpaired) electrons. The van der Waals surface area contributed by atoms with Gasteiger partial charge < -0.3 is 9.30 Å². The summed E-state index contributed by atoms with van der Waals surface area (Å²) in [6.07, 6.45) is 9.80. The number of imidazole rings is 1. The van der Waals surface area contributed by atoms with E-state index in [1.165, 1.54) is 10.9 Å². The minimum Gasteiger partial charge on any atom is -0.443 e. The van der Waals surface area contributed by atoms with Gasteiger partial charge in [0, 0.05) is 6.04 Å². The number of unbranched alkanes of at least 4 members (excludes halogenated alkanes) is 2. The van der Waals surface area contributed by atoms with Gasteiger partial charge in [-0.2, -0.15) is 0 Å². The van der Waals surface area contributed by atoms with Crippen LogP contribution in [-0.4, -0.2) is 25.1 Å². The molecule has 0 saturated carbocycles. The van der Waals surface area contributed by atoms with Crippen molar-refractivity contribution >= 4 is 17.1 Å². The number of ether oxygens (including phenoxy) is 1. The van der Waals surface area contributed by atoms with Crippen molar-refractivity contribution in [2.24, 2.45) is 5.41 Å². The van der Waals surface area contributed by atoms with Gasteiger partial charge in [0.2, 0.25) is 0 Å². The first kappa shape index (κ1) is 21.1. The van der Waals surface area contributed by atoms with Crippen molar-refractivity contribution < 1.29 is 9.53 Å². The maximum atomic E-state index is 12.7. The SMILES string of the molecule is CCCCC(CCCC)n1cnc2c(=O)n(COC(=O)C(C)(C)C)cnc21. The summed E-state index contributed by atoms with van der Waals surface area (Å²) in [6.45, 7) is 9.52. The summed E-state index contributed by atoms with van der Waals surface area (Å²) in [5, 5.41) is 0. The molecule has 7 heteroatoms. The zero-order valence-electron chi connectivity index (χ0n) is 17.2. The summed E-state index contributed by atoms with van der Waals surface area (Å²) in [4.78, 5) is 33.4. The first-order valence-corrected chi connectivity index (χ1v) is 9.88. The van der Waals surface area contributed by atoms with Gasteiger partial charge in [0.25, 0.3) is 5.56 Å². The second-order valence-corrected chi connectivity index (χ2v) is 8.09. The van der Waals surface area contributed by atoms with Crippen LogP contribution in [0.2, 0.25) is 0 Å².